The van der Waals surface area contributed by atoms with Crippen molar-refractivity contribution in [2.45, 2.75) is 38.8 Å². The maximum Gasteiger partial charge on any atom is 0.411 e. The fourth-order valence-corrected chi connectivity index (χ4v) is 2.29. The predicted molar refractivity (Wildman–Crippen MR) is 56.0 cm³/mol. The molecule has 2 rings (SSSR count). The van der Waals surface area contributed by atoms with Gasteiger partial charge in [-0.15, -0.1) is 0 Å². The minimum absolute atomic E-state index is 0.144. The van der Waals surface area contributed by atoms with E-state index in [0.29, 0.717) is 12.5 Å². The summed E-state index contributed by atoms with van der Waals surface area (Å²) in [6, 6.07) is -0.681. The Morgan fingerprint density at radius 1 is 1.38 bits per heavy atom. The number of carbonyl (C=O) groups excluding carboxylic acids is 1. The molecule has 0 spiro atoms. The van der Waals surface area contributed by atoms with Gasteiger partial charge in [-0.2, -0.15) is 0 Å². The lowest BCUT2D eigenvalue weighted by Crippen LogP contribution is -2.45. The lowest BCUT2D eigenvalue weighted by Gasteiger charge is -2.28. The molecule has 2 aliphatic rings. The third kappa shape index (κ3) is 1.99. The number of hydrogen-bond acceptors (Lipinski definition) is 3. The van der Waals surface area contributed by atoms with E-state index < -0.39 is 23.7 Å². The molecule has 0 radical (unpaired) electrons. The number of rotatable bonds is 1. The molecule has 0 aromatic carbocycles. The molecule has 1 saturated carbocycles. The van der Waals surface area contributed by atoms with E-state index in [0.717, 1.165) is 6.42 Å². The predicted octanol–water partition coefficient (Wildman–Crippen LogP) is 1.33. The number of aliphatic carboxylic acids is 1. The fourth-order valence-electron chi connectivity index (χ4n) is 2.29. The first-order chi connectivity index (χ1) is 7.29. The maximum atomic E-state index is 11.8. The van der Waals surface area contributed by atoms with Crippen LogP contribution < -0.4 is 0 Å². The topological polar surface area (TPSA) is 66.8 Å². The van der Waals surface area contributed by atoms with E-state index >= 15 is 0 Å². The quantitative estimate of drug-likeness (QED) is 0.733. The second kappa shape index (κ2) is 3.37. The van der Waals surface area contributed by atoms with Crippen LogP contribution in [0, 0.1) is 11.8 Å². The number of hydrogen-bond donors (Lipinski definition) is 1. The molecular weight excluding hydrogens is 210 g/mol. The summed E-state index contributed by atoms with van der Waals surface area (Å²) in [5, 5.41) is 9.08. The van der Waals surface area contributed by atoms with Crippen LogP contribution in [0.2, 0.25) is 0 Å². The number of carboxylic acid groups (broad SMARTS) is 1. The van der Waals surface area contributed by atoms with Crippen molar-refractivity contribution in [3.63, 3.8) is 0 Å². The Hall–Kier alpha value is -1.26. The Balaban J connectivity index is 2.04. The van der Waals surface area contributed by atoms with Gasteiger partial charge in [0.15, 0.2) is 0 Å². The van der Waals surface area contributed by atoms with Crippen molar-refractivity contribution < 1.29 is 19.4 Å². The van der Waals surface area contributed by atoms with Gasteiger partial charge in [0.25, 0.3) is 0 Å². The van der Waals surface area contributed by atoms with Gasteiger partial charge in [-0.05, 0) is 39.0 Å². The molecule has 0 bridgehead atoms. The third-order valence-corrected chi connectivity index (χ3v) is 3.03. The number of ether oxygens (including phenoxy) is 1. The zero-order valence-electron chi connectivity index (χ0n) is 9.77. The largest absolute Gasteiger partial charge is 0.480 e. The van der Waals surface area contributed by atoms with Gasteiger partial charge in [0, 0.05) is 6.54 Å². The molecular formula is C11H17NO4. The van der Waals surface area contributed by atoms with Crippen LogP contribution in [0.25, 0.3) is 0 Å². The van der Waals surface area contributed by atoms with Gasteiger partial charge in [-0.1, -0.05) is 0 Å². The fraction of sp³-hybridized carbons (Fsp3) is 0.818. The summed E-state index contributed by atoms with van der Waals surface area (Å²) in [4.78, 5) is 24.2. The van der Waals surface area contributed by atoms with Crippen LogP contribution in [0.1, 0.15) is 27.2 Å². The molecule has 1 N–H and O–H groups in total. The molecule has 0 aromatic heterocycles. The average molecular weight is 227 g/mol. The minimum atomic E-state index is -0.921. The molecule has 5 heteroatoms. The van der Waals surface area contributed by atoms with E-state index in [1.165, 1.54) is 4.90 Å². The van der Waals surface area contributed by atoms with Crippen LogP contribution in [0.4, 0.5) is 4.79 Å². The lowest BCUT2D eigenvalue weighted by atomic mass is 10.2. The summed E-state index contributed by atoms with van der Waals surface area (Å²) in [6.07, 6.45) is 0.420. The number of likely N-dealkylation sites (tertiary alicyclic amines) is 1. The van der Waals surface area contributed by atoms with Crippen molar-refractivity contribution in [3.8, 4) is 0 Å². The first-order valence-electron chi connectivity index (χ1n) is 5.52. The lowest BCUT2D eigenvalue weighted by molar-refractivity contribution is -0.142. The Morgan fingerprint density at radius 2 is 2.00 bits per heavy atom. The SMILES string of the molecule is CC(C)(C)OC(=O)N1CC2C[C@@H]2[C@@H]1C(=O)O. The average Bonchev–Trinajstić information content (AvgIpc) is 2.73. The Morgan fingerprint density at radius 3 is 2.50 bits per heavy atom. The van der Waals surface area contributed by atoms with E-state index in [9.17, 15) is 9.59 Å². The van der Waals surface area contributed by atoms with E-state index in [-0.39, 0.29) is 5.92 Å². The highest BCUT2D eigenvalue weighted by Gasteiger charge is 2.57. The van der Waals surface area contributed by atoms with Crippen LogP contribution >= 0.6 is 0 Å². The van der Waals surface area contributed by atoms with Gasteiger partial charge < -0.3 is 9.84 Å². The number of piperidine rings is 1. The molecule has 5 nitrogen and oxygen atoms in total. The van der Waals surface area contributed by atoms with Crippen molar-refractivity contribution in [3.05, 3.63) is 0 Å². The van der Waals surface area contributed by atoms with Crippen LogP contribution in [-0.2, 0) is 9.53 Å². The molecule has 1 aliphatic heterocycles. The van der Waals surface area contributed by atoms with Crippen molar-refractivity contribution >= 4 is 12.1 Å². The normalized spacial score (nSPS) is 32.2. The summed E-state index contributed by atoms with van der Waals surface area (Å²) in [5.74, 6) is -0.408. The number of nitrogens with zero attached hydrogens (tertiary/aromatic N) is 1. The Kier molecular flexibility index (Phi) is 2.36. The monoisotopic (exact) mass is 227 g/mol. The smallest absolute Gasteiger partial charge is 0.411 e. The summed E-state index contributed by atoms with van der Waals surface area (Å²) in [7, 11) is 0. The number of amides is 1. The van der Waals surface area contributed by atoms with E-state index in [1.54, 1.807) is 20.8 Å². The molecule has 1 aliphatic carbocycles. The standard InChI is InChI=1S/C11H17NO4/c1-11(2,3)16-10(15)12-5-6-4-7(6)8(12)9(13)14/h6-8H,4-5H2,1-3H3,(H,13,14)/t6?,7-,8+/m0/s1. The summed E-state index contributed by atoms with van der Waals surface area (Å²) in [6.45, 7) is 5.85. The Bertz CT molecular complexity index is 333. The van der Waals surface area contributed by atoms with Crippen molar-refractivity contribution in [1.29, 1.82) is 0 Å². The van der Waals surface area contributed by atoms with Gasteiger partial charge in [0.05, 0.1) is 0 Å². The Labute approximate surface area is 94.4 Å². The highest BCUT2D eigenvalue weighted by atomic mass is 16.6. The van der Waals surface area contributed by atoms with Gasteiger partial charge in [-0.25, -0.2) is 9.59 Å². The van der Waals surface area contributed by atoms with Gasteiger partial charge >= 0.3 is 12.1 Å². The molecule has 2 fully saturated rings. The summed E-state index contributed by atoms with van der Waals surface area (Å²) in [5.41, 5.74) is -0.576. The van der Waals surface area contributed by atoms with E-state index in [4.69, 9.17) is 9.84 Å². The zero-order valence-corrected chi connectivity index (χ0v) is 9.77. The van der Waals surface area contributed by atoms with E-state index in [2.05, 4.69) is 0 Å². The number of fused-ring (bicyclic) bond motifs is 1. The highest BCUT2D eigenvalue weighted by molar-refractivity contribution is 5.82. The minimum Gasteiger partial charge on any atom is -0.480 e. The van der Waals surface area contributed by atoms with Crippen LogP contribution in [0.3, 0.4) is 0 Å². The van der Waals surface area contributed by atoms with Crippen LogP contribution in [0.15, 0.2) is 0 Å². The van der Waals surface area contributed by atoms with Crippen LogP contribution in [-0.4, -0.2) is 40.3 Å². The maximum absolute atomic E-state index is 11.8. The molecule has 3 atom stereocenters. The molecule has 16 heavy (non-hydrogen) atoms. The van der Waals surface area contributed by atoms with Gasteiger partial charge in [-0.3, -0.25) is 4.90 Å². The van der Waals surface area contributed by atoms with Crippen molar-refractivity contribution in [2.75, 3.05) is 6.54 Å². The molecule has 1 saturated heterocycles. The molecule has 1 unspecified atom stereocenters. The first kappa shape index (κ1) is 11.2. The summed E-state index contributed by atoms with van der Waals surface area (Å²) < 4.78 is 5.19. The van der Waals surface area contributed by atoms with Crippen LogP contribution in [0.5, 0.6) is 0 Å². The highest BCUT2D eigenvalue weighted by Crippen LogP contribution is 2.49. The van der Waals surface area contributed by atoms with Gasteiger partial charge in [0.2, 0.25) is 0 Å². The number of carbonyl (C=O) groups is 2. The number of carboxylic acids is 1. The van der Waals surface area contributed by atoms with Crippen molar-refractivity contribution in [1.82, 2.24) is 4.90 Å². The zero-order chi connectivity index (χ0) is 12.1. The van der Waals surface area contributed by atoms with Crippen molar-refractivity contribution in [2.24, 2.45) is 11.8 Å². The second-order valence-corrected chi connectivity index (χ2v) is 5.58. The molecule has 90 valence electrons. The first-order valence-corrected chi connectivity index (χ1v) is 5.52. The molecule has 1 heterocycles. The second-order valence-electron chi connectivity index (χ2n) is 5.58. The molecule has 1 amide bonds. The van der Waals surface area contributed by atoms with E-state index in [1.807, 2.05) is 0 Å². The third-order valence-electron chi connectivity index (χ3n) is 3.03. The molecule has 0 aromatic rings. The summed E-state index contributed by atoms with van der Waals surface area (Å²) >= 11 is 0. The van der Waals surface area contributed by atoms with Gasteiger partial charge in [0.1, 0.15) is 11.6 Å².